The van der Waals surface area contributed by atoms with Crippen molar-refractivity contribution >= 4 is 55.8 Å². The van der Waals surface area contributed by atoms with Gasteiger partial charge in [0, 0.05) is 23.4 Å². The molecule has 0 atom stereocenters. The van der Waals surface area contributed by atoms with Crippen molar-refractivity contribution in [2.24, 2.45) is 0 Å². The molecule has 7 heteroatoms. The van der Waals surface area contributed by atoms with Crippen molar-refractivity contribution in [3.8, 4) is 5.75 Å². The van der Waals surface area contributed by atoms with Gasteiger partial charge in [-0.3, -0.25) is 0 Å². The minimum Gasteiger partial charge on any atom is -0.490 e. The number of imidazole rings is 1. The summed E-state index contributed by atoms with van der Waals surface area (Å²) in [6.07, 6.45) is 1.90. The van der Waals surface area contributed by atoms with Gasteiger partial charge in [-0.2, -0.15) is 11.8 Å². The van der Waals surface area contributed by atoms with Crippen molar-refractivity contribution in [1.29, 1.82) is 0 Å². The van der Waals surface area contributed by atoms with Crippen molar-refractivity contribution in [3.05, 3.63) is 43.8 Å². The first-order chi connectivity index (χ1) is 9.16. The van der Waals surface area contributed by atoms with Gasteiger partial charge in [-0.15, -0.1) is 0 Å². The number of hydrogen-bond donors (Lipinski definition) is 2. The molecule has 0 amide bonds. The lowest BCUT2D eigenvalue weighted by molar-refractivity contribution is 0.339. The van der Waals surface area contributed by atoms with Crippen molar-refractivity contribution in [2.75, 3.05) is 12.4 Å². The molecule has 0 saturated carbocycles. The lowest BCUT2D eigenvalue weighted by atomic mass is 10.3. The Morgan fingerprint density at radius 3 is 2.63 bits per heavy atom. The summed E-state index contributed by atoms with van der Waals surface area (Å²) >= 11 is 13.7. The monoisotopic (exact) mass is 422 g/mol. The number of thioether (sulfide) groups is 1. The molecule has 1 heterocycles. The zero-order valence-corrected chi connectivity index (χ0v) is 14.7. The topological polar surface area (TPSA) is 40.8 Å². The molecule has 2 aromatic rings. The van der Waals surface area contributed by atoms with Crippen molar-refractivity contribution in [1.82, 2.24) is 9.97 Å². The van der Waals surface area contributed by atoms with Crippen LogP contribution in [0.3, 0.4) is 0 Å². The second-order valence-corrected chi connectivity index (χ2v) is 6.94. The fourth-order valence-corrected chi connectivity index (χ4v) is 3.59. The first kappa shape index (κ1) is 15.2. The summed E-state index contributed by atoms with van der Waals surface area (Å²) in [6, 6.07) is 5.89. The van der Waals surface area contributed by atoms with Crippen LogP contribution in [0, 0.1) is 4.77 Å². The Morgan fingerprint density at radius 2 is 2.00 bits per heavy atom. The van der Waals surface area contributed by atoms with Crippen molar-refractivity contribution < 1.29 is 4.74 Å². The summed E-state index contributed by atoms with van der Waals surface area (Å²) in [5.41, 5.74) is 1.11. The molecule has 102 valence electrons. The summed E-state index contributed by atoms with van der Waals surface area (Å²) in [4.78, 5) is 6.04. The standard InChI is InChI=1S/C12H12Br2N2OS2/c13-9-2-1-3-10(14)11(9)17-4-5-19-7-8-6-15-12(18)16-8/h1-3,6H,4-5,7H2,(H2,15,16,18). The van der Waals surface area contributed by atoms with Gasteiger partial charge in [0.25, 0.3) is 0 Å². The quantitative estimate of drug-likeness (QED) is 0.512. The molecule has 19 heavy (non-hydrogen) atoms. The first-order valence-electron chi connectivity index (χ1n) is 5.58. The minimum absolute atomic E-state index is 0.664. The Balaban J connectivity index is 1.74. The third-order valence-corrected chi connectivity index (χ3v) is 4.74. The van der Waals surface area contributed by atoms with Crippen LogP contribution in [0.1, 0.15) is 5.69 Å². The number of para-hydroxylation sites is 1. The highest BCUT2D eigenvalue weighted by molar-refractivity contribution is 9.11. The Hall–Kier alpha value is -0.240. The fraction of sp³-hybridized carbons (Fsp3) is 0.250. The molecule has 0 unspecified atom stereocenters. The smallest absolute Gasteiger partial charge is 0.174 e. The molecule has 2 N–H and O–H groups in total. The van der Waals surface area contributed by atoms with Crippen LogP contribution in [0.4, 0.5) is 0 Å². The number of H-pyrrole nitrogens is 2. The van der Waals surface area contributed by atoms with Crippen LogP contribution < -0.4 is 4.74 Å². The van der Waals surface area contributed by atoms with E-state index in [2.05, 4.69) is 41.8 Å². The molecular weight excluding hydrogens is 412 g/mol. The lowest BCUT2D eigenvalue weighted by Gasteiger charge is -2.09. The summed E-state index contributed by atoms with van der Waals surface area (Å²) in [5.74, 6) is 2.66. The Bertz CT molecular complexity index is 577. The molecule has 0 radical (unpaired) electrons. The average Bonchev–Trinajstić information content (AvgIpc) is 2.78. The summed E-state index contributed by atoms with van der Waals surface area (Å²) in [7, 11) is 0. The average molecular weight is 424 g/mol. The van der Waals surface area contributed by atoms with Gasteiger partial charge in [0.15, 0.2) is 4.77 Å². The van der Waals surface area contributed by atoms with Gasteiger partial charge in [0.2, 0.25) is 0 Å². The number of benzene rings is 1. The first-order valence-corrected chi connectivity index (χ1v) is 8.73. The van der Waals surface area contributed by atoms with Crippen LogP contribution in [-0.4, -0.2) is 22.3 Å². The van der Waals surface area contributed by atoms with E-state index in [1.807, 2.05) is 24.4 Å². The second kappa shape index (κ2) is 7.52. The van der Waals surface area contributed by atoms with E-state index in [0.29, 0.717) is 11.4 Å². The Labute approximate surface area is 137 Å². The second-order valence-electron chi connectivity index (χ2n) is 3.72. The Kier molecular flexibility index (Phi) is 6.00. The van der Waals surface area contributed by atoms with Crippen LogP contribution >= 0.6 is 55.8 Å². The van der Waals surface area contributed by atoms with E-state index in [1.165, 1.54) is 0 Å². The summed E-state index contributed by atoms with van der Waals surface area (Å²) in [5, 5.41) is 0. The van der Waals surface area contributed by atoms with E-state index in [4.69, 9.17) is 17.0 Å². The molecule has 0 bridgehead atoms. The van der Waals surface area contributed by atoms with Crippen molar-refractivity contribution in [3.63, 3.8) is 0 Å². The lowest BCUT2D eigenvalue weighted by Crippen LogP contribution is -2.01. The maximum absolute atomic E-state index is 5.76. The largest absolute Gasteiger partial charge is 0.490 e. The zero-order valence-electron chi connectivity index (χ0n) is 9.91. The summed E-state index contributed by atoms with van der Waals surface area (Å²) < 4.78 is 8.35. The van der Waals surface area contributed by atoms with E-state index < -0.39 is 0 Å². The zero-order chi connectivity index (χ0) is 13.7. The molecule has 0 spiro atoms. The third-order valence-electron chi connectivity index (χ3n) is 2.30. The molecule has 0 aliphatic rings. The molecule has 2 rings (SSSR count). The predicted octanol–water partition coefficient (Wildman–Crippen LogP) is 4.91. The van der Waals surface area contributed by atoms with Crippen LogP contribution in [0.2, 0.25) is 0 Å². The Morgan fingerprint density at radius 1 is 1.26 bits per heavy atom. The molecule has 1 aromatic heterocycles. The third kappa shape index (κ3) is 4.66. The maximum atomic E-state index is 5.76. The predicted molar refractivity (Wildman–Crippen MR) is 89.5 cm³/mol. The van der Waals surface area contributed by atoms with Gasteiger partial charge in [-0.05, 0) is 56.2 Å². The molecule has 0 saturated heterocycles. The van der Waals surface area contributed by atoms with Crippen LogP contribution in [0.15, 0.2) is 33.3 Å². The number of halogens is 2. The number of nitrogens with one attached hydrogen (secondary N) is 2. The molecule has 0 aliphatic carbocycles. The van der Waals surface area contributed by atoms with Crippen LogP contribution in [0.25, 0.3) is 0 Å². The van der Waals surface area contributed by atoms with Gasteiger partial charge in [0.05, 0.1) is 15.6 Å². The number of ether oxygens (including phenoxy) is 1. The number of aromatic amines is 2. The molecule has 0 fully saturated rings. The van der Waals surface area contributed by atoms with Gasteiger partial charge in [-0.25, -0.2) is 0 Å². The van der Waals surface area contributed by atoms with E-state index in [0.717, 1.165) is 31.9 Å². The number of hydrogen-bond acceptors (Lipinski definition) is 3. The molecular formula is C12H12Br2N2OS2. The van der Waals surface area contributed by atoms with Gasteiger partial charge in [0.1, 0.15) is 5.75 Å². The van der Waals surface area contributed by atoms with E-state index in [9.17, 15) is 0 Å². The minimum atomic E-state index is 0.664. The number of rotatable bonds is 6. The highest BCUT2D eigenvalue weighted by Crippen LogP contribution is 2.33. The number of aromatic nitrogens is 2. The van der Waals surface area contributed by atoms with Crippen LogP contribution in [0.5, 0.6) is 5.75 Å². The fourth-order valence-electron chi connectivity index (χ4n) is 1.45. The highest BCUT2D eigenvalue weighted by atomic mass is 79.9. The van der Waals surface area contributed by atoms with E-state index >= 15 is 0 Å². The van der Waals surface area contributed by atoms with Gasteiger partial charge < -0.3 is 14.7 Å². The molecule has 0 aliphatic heterocycles. The SMILES string of the molecule is S=c1[nH]cc(CSCCOc2c(Br)cccc2Br)[nH]1. The molecule has 3 nitrogen and oxygen atoms in total. The van der Waals surface area contributed by atoms with Crippen molar-refractivity contribution in [2.45, 2.75) is 5.75 Å². The van der Waals surface area contributed by atoms with Crippen LogP contribution in [-0.2, 0) is 5.75 Å². The van der Waals surface area contributed by atoms with Gasteiger partial charge >= 0.3 is 0 Å². The highest BCUT2D eigenvalue weighted by Gasteiger charge is 2.05. The molecule has 1 aromatic carbocycles. The maximum Gasteiger partial charge on any atom is 0.174 e. The van der Waals surface area contributed by atoms with Gasteiger partial charge in [-0.1, -0.05) is 6.07 Å². The van der Waals surface area contributed by atoms with E-state index in [1.54, 1.807) is 11.8 Å². The normalized spacial score (nSPS) is 10.6. The summed E-state index contributed by atoms with van der Waals surface area (Å²) in [6.45, 7) is 0.664. The van der Waals surface area contributed by atoms with E-state index in [-0.39, 0.29) is 0 Å².